The van der Waals surface area contributed by atoms with Gasteiger partial charge in [0.15, 0.2) is 0 Å². The highest BCUT2D eigenvalue weighted by atomic mass is 35.5. The first kappa shape index (κ1) is 16.2. The molecule has 0 aromatic heterocycles. The molecule has 1 amide bonds. The normalized spacial score (nSPS) is 12.2. The molecule has 0 saturated heterocycles. The van der Waals surface area contributed by atoms with Crippen molar-refractivity contribution in [3.63, 3.8) is 0 Å². The van der Waals surface area contributed by atoms with Crippen molar-refractivity contribution in [1.29, 1.82) is 0 Å². The highest BCUT2D eigenvalue weighted by molar-refractivity contribution is 6.30. The van der Waals surface area contributed by atoms with Crippen LogP contribution in [0.5, 0.6) is 0 Å². The maximum atomic E-state index is 11.9. The largest absolute Gasteiger partial charge is 0.469 e. The number of amides is 1. The molecule has 1 rings (SSSR count). The maximum Gasteiger partial charge on any atom is 0.310 e. The summed E-state index contributed by atoms with van der Waals surface area (Å²) in [5, 5.41) is 0.650. The molecule has 0 heterocycles. The fourth-order valence-corrected chi connectivity index (χ4v) is 1.77. The van der Waals surface area contributed by atoms with Crippen molar-refractivity contribution in [2.75, 3.05) is 20.7 Å². The van der Waals surface area contributed by atoms with E-state index in [-0.39, 0.29) is 17.8 Å². The molecule has 0 radical (unpaired) electrons. The van der Waals surface area contributed by atoms with Crippen LogP contribution in [0.15, 0.2) is 30.3 Å². The van der Waals surface area contributed by atoms with Gasteiger partial charge in [0.25, 0.3) is 0 Å². The maximum absolute atomic E-state index is 11.9. The molecule has 0 spiro atoms. The van der Waals surface area contributed by atoms with Crippen molar-refractivity contribution in [2.45, 2.75) is 6.92 Å². The predicted molar refractivity (Wildman–Crippen MR) is 79.3 cm³/mol. The second-order valence-electron chi connectivity index (χ2n) is 4.53. The second-order valence-corrected chi connectivity index (χ2v) is 4.96. The van der Waals surface area contributed by atoms with Gasteiger partial charge in [-0.1, -0.05) is 30.7 Å². The Hall–Kier alpha value is -1.81. The minimum absolute atomic E-state index is 0.171. The number of hydrogen-bond acceptors (Lipinski definition) is 3. The number of hydrogen-bond donors (Lipinski definition) is 0. The quantitative estimate of drug-likeness (QED) is 0.620. The SMILES string of the molecule is COC(=O)C(C)CN(C)C(=O)/C=C/c1ccc(Cl)cc1. The first-order chi connectivity index (χ1) is 9.43. The highest BCUT2D eigenvalue weighted by Gasteiger charge is 2.17. The van der Waals surface area contributed by atoms with Crippen molar-refractivity contribution in [3.05, 3.63) is 40.9 Å². The molecule has 20 heavy (non-hydrogen) atoms. The predicted octanol–water partition coefficient (Wildman–Crippen LogP) is 2.62. The average molecular weight is 296 g/mol. The molecule has 0 N–H and O–H groups in total. The molecular weight excluding hydrogens is 278 g/mol. The summed E-state index contributed by atoms with van der Waals surface area (Å²) in [7, 11) is 2.98. The topological polar surface area (TPSA) is 46.6 Å². The van der Waals surface area contributed by atoms with Gasteiger partial charge in [-0.3, -0.25) is 9.59 Å². The number of benzene rings is 1. The Labute approximate surface area is 124 Å². The Morgan fingerprint density at radius 3 is 2.50 bits per heavy atom. The third kappa shape index (κ3) is 5.05. The zero-order valence-electron chi connectivity index (χ0n) is 11.8. The zero-order chi connectivity index (χ0) is 15.1. The van der Waals surface area contributed by atoms with Crippen molar-refractivity contribution in [2.24, 2.45) is 5.92 Å². The van der Waals surface area contributed by atoms with Crippen molar-refractivity contribution in [1.82, 2.24) is 4.90 Å². The average Bonchev–Trinajstić information content (AvgIpc) is 2.45. The van der Waals surface area contributed by atoms with Crippen LogP contribution in [0, 0.1) is 5.92 Å². The van der Waals surface area contributed by atoms with E-state index in [0.29, 0.717) is 11.6 Å². The number of rotatable bonds is 5. The smallest absolute Gasteiger partial charge is 0.310 e. The summed E-state index contributed by atoms with van der Waals surface area (Å²) in [6.45, 7) is 2.04. The third-order valence-electron chi connectivity index (χ3n) is 2.82. The fourth-order valence-electron chi connectivity index (χ4n) is 1.65. The van der Waals surface area contributed by atoms with E-state index in [9.17, 15) is 9.59 Å². The summed E-state index contributed by atoms with van der Waals surface area (Å²) in [5.41, 5.74) is 0.886. The first-order valence-electron chi connectivity index (χ1n) is 6.20. The minimum atomic E-state index is -0.349. The van der Waals surface area contributed by atoms with Crippen molar-refractivity contribution < 1.29 is 14.3 Å². The van der Waals surface area contributed by atoms with E-state index in [4.69, 9.17) is 11.6 Å². The van der Waals surface area contributed by atoms with Crippen molar-refractivity contribution >= 4 is 29.6 Å². The lowest BCUT2D eigenvalue weighted by atomic mass is 10.1. The molecule has 108 valence electrons. The van der Waals surface area contributed by atoms with Gasteiger partial charge in [0.1, 0.15) is 0 Å². The number of esters is 1. The number of carbonyl (C=O) groups is 2. The Bertz CT molecular complexity index is 496. The Balaban J connectivity index is 2.57. The summed E-state index contributed by atoms with van der Waals surface area (Å²) in [6.07, 6.45) is 3.17. The van der Waals surface area contributed by atoms with Crippen LogP contribution in [-0.2, 0) is 14.3 Å². The monoisotopic (exact) mass is 295 g/mol. The van der Waals surface area contributed by atoms with Crippen LogP contribution in [0.4, 0.5) is 0 Å². The van der Waals surface area contributed by atoms with Crippen LogP contribution in [0.25, 0.3) is 6.08 Å². The van der Waals surface area contributed by atoms with Crippen LogP contribution in [-0.4, -0.2) is 37.5 Å². The fraction of sp³-hybridized carbons (Fsp3) is 0.333. The summed E-state index contributed by atoms with van der Waals surface area (Å²) in [4.78, 5) is 24.7. The molecule has 0 fully saturated rings. The second kappa shape index (κ2) is 7.70. The number of halogens is 1. The minimum Gasteiger partial charge on any atom is -0.469 e. The third-order valence-corrected chi connectivity index (χ3v) is 3.07. The summed E-state index contributed by atoms with van der Waals surface area (Å²) in [6, 6.07) is 7.16. The molecule has 0 aliphatic carbocycles. The van der Waals surface area contributed by atoms with Crippen molar-refractivity contribution in [3.8, 4) is 0 Å². The summed E-state index contributed by atoms with van der Waals surface area (Å²) >= 11 is 5.78. The van der Waals surface area contributed by atoms with E-state index in [1.807, 2.05) is 12.1 Å². The molecule has 0 aliphatic heterocycles. The molecule has 0 aliphatic rings. The Morgan fingerprint density at radius 1 is 1.35 bits per heavy atom. The molecule has 1 unspecified atom stereocenters. The molecule has 5 heteroatoms. The van der Waals surface area contributed by atoms with Gasteiger partial charge >= 0.3 is 5.97 Å². The molecular formula is C15H18ClNO3. The lowest BCUT2D eigenvalue weighted by molar-refractivity contribution is -0.145. The van der Waals surface area contributed by atoms with Crippen LogP contribution >= 0.6 is 11.6 Å². The van der Waals surface area contributed by atoms with E-state index in [1.165, 1.54) is 18.1 Å². The van der Waals surface area contributed by atoms with E-state index in [2.05, 4.69) is 4.74 Å². The van der Waals surface area contributed by atoms with Gasteiger partial charge in [-0.05, 0) is 23.8 Å². The van der Waals surface area contributed by atoms with E-state index >= 15 is 0 Å². The van der Waals surface area contributed by atoms with Crippen LogP contribution < -0.4 is 0 Å². The summed E-state index contributed by atoms with van der Waals surface area (Å²) in [5.74, 6) is -0.847. The van der Waals surface area contributed by atoms with Gasteiger partial charge in [0.2, 0.25) is 5.91 Å². The molecule has 0 saturated carbocycles. The van der Waals surface area contributed by atoms with Crippen LogP contribution in [0.3, 0.4) is 0 Å². The molecule has 1 atom stereocenters. The van der Waals surface area contributed by atoms with Gasteiger partial charge in [-0.25, -0.2) is 0 Å². The number of nitrogens with zero attached hydrogens (tertiary/aromatic N) is 1. The number of likely N-dealkylation sites (N-methyl/N-ethyl adjacent to an activating group) is 1. The van der Waals surface area contributed by atoms with E-state index in [0.717, 1.165) is 5.56 Å². The number of ether oxygens (including phenoxy) is 1. The van der Waals surface area contributed by atoms with Gasteiger partial charge in [-0.2, -0.15) is 0 Å². The highest BCUT2D eigenvalue weighted by Crippen LogP contribution is 2.11. The molecule has 1 aromatic carbocycles. The van der Waals surface area contributed by atoms with Crippen LogP contribution in [0.2, 0.25) is 5.02 Å². The van der Waals surface area contributed by atoms with Crippen LogP contribution in [0.1, 0.15) is 12.5 Å². The Kier molecular flexibility index (Phi) is 6.25. The standard InChI is InChI=1S/C15H18ClNO3/c1-11(15(19)20-3)10-17(2)14(18)9-6-12-4-7-13(16)8-5-12/h4-9,11H,10H2,1-3H3/b9-6+. The van der Waals surface area contributed by atoms with Gasteiger partial charge in [-0.15, -0.1) is 0 Å². The van der Waals surface area contributed by atoms with E-state index < -0.39 is 0 Å². The molecule has 4 nitrogen and oxygen atoms in total. The first-order valence-corrected chi connectivity index (χ1v) is 6.58. The number of carbonyl (C=O) groups excluding carboxylic acids is 2. The lowest BCUT2D eigenvalue weighted by Crippen LogP contribution is -2.33. The van der Waals surface area contributed by atoms with Gasteiger partial charge < -0.3 is 9.64 Å². The Morgan fingerprint density at radius 2 is 1.95 bits per heavy atom. The number of methoxy groups -OCH3 is 1. The zero-order valence-corrected chi connectivity index (χ0v) is 12.6. The van der Waals surface area contributed by atoms with E-state index in [1.54, 1.807) is 32.2 Å². The molecule has 1 aromatic rings. The summed E-state index contributed by atoms with van der Waals surface area (Å²) < 4.78 is 4.63. The van der Waals surface area contributed by atoms with Gasteiger partial charge in [0, 0.05) is 24.7 Å². The molecule has 0 bridgehead atoms. The lowest BCUT2D eigenvalue weighted by Gasteiger charge is -2.18. The van der Waals surface area contributed by atoms with Gasteiger partial charge in [0.05, 0.1) is 13.0 Å².